The van der Waals surface area contributed by atoms with E-state index >= 15 is 0 Å². The van der Waals surface area contributed by atoms with Crippen LogP contribution >= 0.6 is 0 Å². The molecule has 0 amide bonds. The minimum absolute atomic E-state index is 0.104. The maximum atomic E-state index is 12.0. The number of aromatic nitrogens is 2. The third-order valence-electron chi connectivity index (χ3n) is 4.31. The van der Waals surface area contributed by atoms with Crippen LogP contribution in [0.15, 0.2) is 29.1 Å². The number of benzene rings is 1. The Hall–Kier alpha value is -2.14. The Morgan fingerprint density at radius 1 is 1.12 bits per heavy atom. The Labute approximate surface area is 149 Å². The van der Waals surface area contributed by atoms with E-state index in [4.69, 9.17) is 4.74 Å². The number of aryl methyl sites for hydroxylation is 2. The standard InChI is InChI=1S/C20H28N2O3/c1-13-7-8-14(2)19(15(13)3)25-12-16(23)11-22-18(24)10-9-17(21-22)20(4,5)6/h7-10,16,23H,11-12H2,1-6H3/t16-/m1/s1. The highest BCUT2D eigenvalue weighted by atomic mass is 16.5. The van der Waals surface area contributed by atoms with Gasteiger partial charge < -0.3 is 9.84 Å². The third-order valence-corrected chi connectivity index (χ3v) is 4.31. The molecule has 0 saturated heterocycles. The summed E-state index contributed by atoms with van der Waals surface area (Å²) in [6.07, 6.45) is -0.820. The van der Waals surface area contributed by atoms with Gasteiger partial charge in [-0.05, 0) is 43.5 Å². The molecule has 25 heavy (non-hydrogen) atoms. The Morgan fingerprint density at radius 2 is 1.76 bits per heavy atom. The molecule has 136 valence electrons. The van der Waals surface area contributed by atoms with E-state index in [0.29, 0.717) is 0 Å². The van der Waals surface area contributed by atoms with E-state index in [1.807, 2.05) is 47.6 Å². The van der Waals surface area contributed by atoms with Crippen molar-refractivity contribution < 1.29 is 9.84 Å². The van der Waals surface area contributed by atoms with Crippen LogP contribution in [-0.2, 0) is 12.0 Å². The molecular weight excluding hydrogens is 316 g/mol. The molecule has 0 aliphatic carbocycles. The lowest BCUT2D eigenvalue weighted by Crippen LogP contribution is -2.33. The predicted molar refractivity (Wildman–Crippen MR) is 99.4 cm³/mol. The quantitative estimate of drug-likeness (QED) is 0.906. The summed E-state index contributed by atoms with van der Waals surface area (Å²) in [6.45, 7) is 12.3. The molecule has 5 heteroatoms. The smallest absolute Gasteiger partial charge is 0.266 e. The summed E-state index contributed by atoms with van der Waals surface area (Å²) in [5.74, 6) is 0.794. The van der Waals surface area contributed by atoms with Gasteiger partial charge in [0.25, 0.3) is 5.56 Å². The summed E-state index contributed by atoms with van der Waals surface area (Å²) in [5.41, 5.74) is 3.66. The van der Waals surface area contributed by atoms with Crippen LogP contribution in [0.4, 0.5) is 0 Å². The molecule has 0 aliphatic rings. The van der Waals surface area contributed by atoms with Gasteiger partial charge in [0.1, 0.15) is 18.5 Å². The SMILES string of the molecule is Cc1ccc(C)c(OC[C@H](O)Cn2nc(C(C)(C)C)ccc2=O)c1C. The maximum Gasteiger partial charge on any atom is 0.266 e. The van der Waals surface area contributed by atoms with Crippen molar-refractivity contribution in [3.05, 3.63) is 57.0 Å². The van der Waals surface area contributed by atoms with Crippen molar-refractivity contribution in [3.8, 4) is 5.75 Å². The van der Waals surface area contributed by atoms with Crippen LogP contribution in [0.25, 0.3) is 0 Å². The summed E-state index contributed by atoms with van der Waals surface area (Å²) in [6, 6.07) is 7.29. The lowest BCUT2D eigenvalue weighted by Gasteiger charge is -2.20. The van der Waals surface area contributed by atoms with Crippen LogP contribution in [0.5, 0.6) is 5.75 Å². The van der Waals surface area contributed by atoms with E-state index in [1.165, 1.54) is 10.7 Å². The van der Waals surface area contributed by atoms with Crippen LogP contribution in [0.3, 0.4) is 0 Å². The van der Waals surface area contributed by atoms with Crippen molar-refractivity contribution >= 4 is 0 Å². The Kier molecular flexibility index (Phi) is 5.68. The van der Waals surface area contributed by atoms with E-state index in [2.05, 4.69) is 11.2 Å². The fourth-order valence-corrected chi connectivity index (χ4v) is 2.56. The average Bonchev–Trinajstić information content (AvgIpc) is 2.52. The zero-order valence-electron chi connectivity index (χ0n) is 16.0. The molecule has 0 bridgehead atoms. The summed E-state index contributed by atoms with van der Waals surface area (Å²) < 4.78 is 7.14. The Balaban J connectivity index is 2.10. The molecule has 2 aromatic rings. The fraction of sp³-hybridized carbons (Fsp3) is 0.500. The van der Waals surface area contributed by atoms with E-state index in [-0.39, 0.29) is 24.1 Å². The van der Waals surface area contributed by atoms with Crippen molar-refractivity contribution in [2.24, 2.45) is 0 Å². The minimum atomic E-state index is -0.820. The van der Waals surface area contributed by atoms with Crippen LogP contribution in [0, 0.1) is 20.8 Å². The van der Waals surface area contributed by atoms with E-state index in [1.54, 1.807) is 6.07 Å². The first-order valence-electron chi connectivity index (χ1n) is 8.56. The number of aliphatic hydroxyl groups is 1. The van der Waals surface area contributed by atoms with E-state index in [9.17, 15) is 9.90 Å². The van der Waals surface area contributed by atoms with E-state index < -0.39 is 6.10 Å². The number of hydrogen-bond donors (Lipinski definition) is 1. The number of rotatable bonds is 5. The zero-order valence-corrected chi connectivity index (χ0v) is 16.0. The molecule has 2 rings (SSSR count). The van der Waals surface area contributed by atoms with Gasteiger partial charge in [-0.1, -0.05) is 32.9 Å². The fourth-order valence-electron chi connectivity index (χ4n) is 2.56. The molecule has 1 aromatic heterocycles. The average molecular weight is 344 g/mol. The highest BCUT2D eigenvalue weighted by Gasteiger charge is 2.18. The first kappa shape index (κ1) is 19.2. The summed E-state index contributed by atoms with van der Waals surface area (Å²) in [7, 11) is 0. The van der Waals surface area contributed by atoms with Gasteiger partial charge in [0.05, 0.1) is 12.2 Å². The predicted octanol–water partition coefficient (Wildman–Crippen LogP) is 2.91. The van der Waals surface area contributed by atoms with Gasteiger partial charge in [-0.2, -0.15) is 5.10 Å². The molecule has 0 spiro atoms. The lowest BCUT2D eigenvalue weighted by molar-refractivity contribution is 0.0869. The number of ether oxygens (including phenoxy) is 1. The van der Waals surface area contributed by atoms with Gasteiger partial charge >= 0.3 is 0 Å². The molecular formula is C20H28N2O3. The minimum Gasteiger partial charge on any atom is -0.490 e. The second kappa shape index (κ2) is 7.40. The molecule has 0 saturated carbocycles. The largest absolute Gasteiger partial charge is 0.490 e. The molecule has 5 nitrogen and oxygen atoms in total. The van der Waals surface area contributed by atoms with E-state index in [0.717, 1.165) is 28.1 Å². The Bertz CT molecular complexity index is 804. The van der Waals surface area contributed by atoms with Crippen molar-refractivity contribution in [2.75, 3.05) is 6.61 Å². The van der Waals surface area contributed by atoms with Crippen molar-refractivity contribution in [1.82, 2.24) is 9.78 Å². The number of aliphatic hydroxyl groups excluding tert-OH is 1. The number of hydrogen-bond acceptors (Lipinski definition) is 4. The third kappa shape index (κ3) is 4.69. The highest BCUT2D eigenvalue weighted by molar-refractivity contribution is 5.44. The Morgan fingerprint density at radius 3 is 2.40 bits per heavy atom. The van der Waals surface area contributed by atoms with Gasteiger partial charge in [-0.3, -0.25) is 4.79 Å². The normalized spacial score (nSPS) is 12.9. The van der Waals surface area contributed by atoms with Crippen molar-refractivity contribution in [1.29, 1.82) is 0 Å². The van der Waals surface area contributed by atoms with Crippen LogP contribution in [0.2, 0.25) is 0 Å². The van der Waals surface area contributed by atoms with Crippen molar-refractivity contribution in [2.45, 2.75) is 59.6 Å². The molecule has 1 atom stereocenters. The second-order valence-electron chi connectivity index (χ2n) is 7.61. The molecule has 1 N–H and O–H groups in total. The first-order valence-corrected chi connectivity index (χ1v) is 8.56. The summed E-state index contributed by atoms with van der Waals surface area (Å²) >= 11 is 0. The molecule has 0 unspecified atom stereocenters. The maximum absolute atomic E-state index is 12.0. The molecule has 0 radical (unpaired) electrons. The second-order valence-corrected chi connectivity index (χ2v) is 7.61. The lowest BCUT2D eigenvalue weighted by atomic mass is 9.92. The van der Waals surface area contributed by atoms with Gasteiger partial charge in [-0.25, -0.2) is 4.68 Å². The van der Waals surface area contributed by atoms with Gasteiger partial charge in [0.2, 0.25) is 0 Å². The number of nitrogens with zero attached hydrogens (tertiary/aromatic N) is 2. The molecule has 1 heterocycles. The monoisotopic (exact) mass is 344 g/mol. The summed E-state index contributed by atoms with van der Waals surface area (Å²) in [4.78, 5) is 12.0. The van der Waals surface area contributed by atoms with Crippen LogP contribution < -0.4 is 10.3 Å². The van der Waals surface area contributed by atoms with Gasteiger partial charge in [-0.15, -0.1) is 0 Å². The van der Waals surface area contributed by atoms with Gasteiger partial charge in [0, 0.05) is 11.5 Å². The first-order chi connectivity index (χ1) is 11.6. The topological polar surface area (TPSA) is 64.3 Å². The highest BCUT2D eigenvalue weighted by Crippen LogP contribution is 2.25. The van der Waals surface area contributed by atoms with Crippen LogP contribution in [-0.4, -0.2) is 27.6 Å². The van der Waals surface area contributed by atoms with Crippen LogP contribution in [0.1, 0.15) is 43.2 Å². The zero-order chi connectivity index (χ0) is 18.8. The molecule has 1 aromatic carbocycles. The molecule has 0 aliphatic heterocycles. The van der Waals surface area contributed by atoms with Crippen molar-refractivity contribution in [3.63, 3.8) is 0 Å². The van der Waals surface area contributed by atoms with Gasteiger partial charge in [0.15, 0.2) is 0 Å². The molecule has 0 fully saturated rings. The summed E-state index contributed by atoms with van der Waals surface area (Å²) in [5, 5.41) is 14.7.